The Labute approximate surface area is 146 Å². The third kappa shape index (κ3) is 4.32. The Kier molecular flexibility index (Phi) is 5.93. The fourth-order valence-corrected chi connectivity index (χ4v) is 2.86. The molecule has 0 saturated heterocycles. The van der Waals surface area contributed by atoms with Crippen LogP contribution in [0.2, 0.25) is 5.02 Å². The number of nitrogens with one attached hydrogen (secondary N) is 1. The molecule has 0 bridgehead atoms. The number of halogens is 1. The van der Waals surface area contributed by atoms with Crippen LogP contribution >= 0.6 is 11.6 Å². The van der Waals surface area contributed by atoms with Gasteiger partial charge < -0.3 is 10.1 Å². The van der Waals surface area contributed by atoms with Crippen LogP contribution < -0.4 is 5.32 Å². The topological polar surface area (TPSA) is 68.3 Å². The van der Waals surface area contributed by atoms with Crippen molar-refractivity contribution >= 4 is 23.5 Å². The lowest BCUT2D eigenvalue weighted by Gasteiger charge is -2.19. The Morgan fingerprint density at radius 1 is 1.25 bits per heavy atom. The summed E-state index contributed by atoms with van der Waals surface area (Å²) < 4.78 is 4.82. The van der Waals surface area contributed by atoms with Gasteiger partial charge in [-0.25, -0.2) is 4.79 Å². The van der Waals surface area contributed by atoms with E-state index in [2.05, 4.69) is 10.3 Å². The summed E-state index contributed by atoms with van der Waals surface area (Å²) in [5.41, 5.74) is 3.12. The minimum absolute atomic E-state index is 0.246. The molecule has 0 aliphatic heterocycles. The van der Waals surface area contributed by atoms with Crippen LogP contribution in [0.3, 0.4) is 0 Å². The third-order valence-electron chi connectivity index (χ3n) is 3.76. The zero-order valence-electron chi connectivity index (χ0n) is 13.8. The van der Waals surface area contributed by atoms with Gasteiger partial charge >= 0.3 is 5.97 Å². The lowest BCUT2D eigenvalue weighted by atomic mass is 9.96. The zero-order valence-corrected chi connectivity index (χ0v) is 14.6. The number of carbonyl (C=O) groups is 2. The van der Waals surface area contributed by atoms with Crippen molar-refractivity contribution in [2.24, 2.45) is 0 Å². The van der Waals surface area contributed by atoms with Crippen LogP contribution in [0.4, 0.5) is 0 Å². The van der Waals surface area contributed by atoms with Crippen molar-refractivity contribution in [3.8, 4) is 0 Å². The van der Waals surface area contributed by atoms with Crippen molar-refractivity contribution in [3.05, 3.63) is 63.9 Å². The van der Waals surface area contributed by atoms with Gasteiger partial charge in [0.05, 0.1) is 7.11 Å². The van der Waals surface area contributed by atoms with E-state index >= 15 is 0 Å². The fourth-order valence-electron chi connectivity index (χ4n) is 2.53. The first kappa shape index (κ1) is 17.9. The molecule has 0 saturated carbocycles. The van der Waals surface area contributed by atoms with E-state index in [1.54, 1.807) is 18.2 Å². The molecule has 6 heteroatoms. The summed E-state index contributed by atoms with van der Waals surface area (Å²) in [6.45, 7) is 3.84. The summed E-state index contributed by atoms with van der Waals surface area (Å²) in [4.78, 5) is 28.4. The first-order valence-electron chi connectivity index (χ1n) is 7.47. The maximum absolute atomic E-state index is 12.3. The van der Waals surface area contributed by atoms with E-state index in [1.165, 1.54) is 13.3 Å². The first-order valence-corrected chi connectivity index (χ1v) is 7.85. The number of benzene rings is 1. The fraction of sp³-hybridized carbons (Fsp3) is 0.278. The number of nitrogens with zero attached hydrogens (tertiary/aromatic N) is 1. The molecule has 24 heavy (non-hydrogen) atoms. The largest absolute Gasteiger partial charge is 0.467 e. The van der Waals surface area contributed by atoms with Gasteiger partial charge in [-0.15, -0.1) is 0 Å². The van der Waals surface area contributed by atoms with E-state index < -0.39 is 17.9 Å². The highest BCUT2D eigenvalue weighted by Gasteiger charge is 2.24. The van der Waals surface area contributed by atoms with Gasteiger partial charge in [0.25, 0.3) is 5.91 Å². The van der Waals surface area contributed by atoms with Crippen LogP contribution in [0, 0.1) is 13.8 Å². The van der Waals surface area contributed by atoms with Crippen LogP contribution in [0.5, 0.6) is 0 Å². The lowest BCUT2D eigenvalue weighted by molar-refractivity contribution is -0.142. The van der Waals surface area contributed by atoms with E-state index in [0.717, 1.165) is 16.7 Å². The zero-order chi connectivity index (χ0) is 17.7. The number of methoxy groups -OCH3 is 1. The molecule has 126 valence electrons. The van der Waals surface area contributed by atoms with E-state index in [9.17, 15) is 9.59 Å². The van der Waals surface area contributed by atoms with Crippen LogP contribution in [0.15, 0.2) is 36.5 Å². The number of esters is 1. The molecule has 0 aliphatic carbocycles. The number of aryl methyl sites for hydroxylation is 2. The number of hydrogen-bond donors (Lipinski definition) is 1. The maximum Gasteiger partial charge on any atom is 0.328 e. The minimum Gasteiger partial charge on any atom is -0.467 e. The average molecular weight is 347 g/mol. The highest BCUT2D eigenvalue weighted by Crippen LogP contribution is 2.21. The molecule has 1 heterocycles. The summed E-state index contributed by atoms with van der Waals surface area (Å²) in [5.74, 6) is -0.927. The Hall–Kier alpha value is -2.40. The number of pyridine rings is 1. The summed E-state index contributed by atoms with van der Waals surface area (Å²) in [7, 11) is 1.30. The molecule has 0 aliphatic rings. The van der Waals surface area contributed by atoms with Crippen LogP contribution in [0.1, 0.15) is 27.2 Å². The monoisotopic (exact) mass is 346 g/mol. The van der Waals surface area contributed by atoms with Gasteiger partial charge in [0.1, 0.15) is 11.7 Å². The number of aromatic nitrogens is 1. The maximum atomic E-state index is 12.3. The number of ether oxygens (including phenoxy) is 1. The SMILES string of the molecule is COC(=O)[C@H](Cc1c(C)cc(Cl)cc1C)NC(=O)c1ccccn1. The number of hydrogen-bond acceptors (Lipinski definition) is 4. The molecular formula is C18H19ClN2O3. The Morgan fingerprint density at radius 3 is 2.46 bits per heavy atom. The van der Waals surface area contributed by atoms with E-state index in [0.29, 0.717) is 11.4 Å². The number of amides is 1. The summed E-state index contributed by atoms with van der Waals surface area (Å²) in [6, 6.07) is 7.88. The van der Waals surface area contributed by atoms with Gasteiger partial charge in [0.2, 0.25) is 0 Å². The van der Waals surface area contributed by atoms with Crippen molar-refractivity contribution in [1.82, 2.24) is 10.3 Å². The smallest absolute Gasteiger partial charge is 0.328 e. The first-order chi connectivity index (χ1) is 11.4. The highest BCUT2D eigenvalue weighted by molar-refractivity contribution is 6.30. The van der Waals surface area contributed by atoms with Crippen LogP contribution in [-0.2, 0) is 16.0 Å². The minimum atomic E-state index is -0.803. The molecule has 0 unspecified atom stereocenters. The third-order valence-corrected chi connectivity index (χ3v) is 3.98. The van der Waals surface area contributed by atoms with Crippen LogP contribution in [-0.4, -0.2) is 30.0 Å². The molecule has 1 aromatic heterocycles. The molecule has 0 radical (unpaired) electrons. The molecule has 1 N–H and O–H groups in total. The summed E-state index contributed by atoms with van der Waals surface area (Å²) in [5, 5.41) is 3.33. The summed E-state index contributed by atoms with van der Waals surface area (Å²) >= 11 is 6.04. The van der Waals surface area contributed by atoms with Gasteiger partial charge in [-0.1, -0.05) is 17.7 Å². The average Bonchev–Trinajstić information content (AvgIpc) is 2.56. The van der Waals surface area contributed by atoms with E-state index in [1.807, 2.05) is 26.0 Å². The Morgan fingerprint density at radius 2 is 1.92 bits per heavy atom. The second kappa shape index (κ2) is 7.93. The van der Waals surface area contributed by atoms with E-state index in [4.69, 9.17) is 16.3 Å². The second-order valence-electron chi connectivity index (χ2n) is 5.49. The van der Waals surface area contributed by atoms with Crippen molar-refractivity contribution in [2.75, 3.05) is 7.11 Å². The molecule has 1 aromatic carbocycles. The van der Waals surface area contributed by atoms with Gasteiger partial charge in [0, 0.05) is 17.6 Å². The highest BCUT2D eigenvalue weighted by atomic mass is 35.5. The molecule has 0 fully saturated rings. The standard InChI is InChI=1S/C18H19ClN2O3/c1-11-8-13(19)9-12(2)14(11)10-16(18(23)24-3)21-17(22)15-6-4-5-7-20-15/h4-9,16H,10H2,1-3H3,(H,21,22)/t16-/m0/s1. The molecule has 0 spiro atoms. The van der Waals surface area contributed by atoms with Gasteiger partial charge in [-0.3, -0.25) is 9.78 Å². The predicted octanol–water partition coefficient (Wildman–Crippen LogP) is 2.87. The van der Waals surface area contributed by atoms with Crippen molar-refractivity contribution in [1.29, 1.82) is 0 Å². The van der Waals surface area contributed by atoms with E-state index in [-0.39, 0.29) is 5.69 Å². The normalized spacial score (nSPS) is 11.7. The molecule has 2 aromatic rings. The van der Waals surface area contributed by atoms with Crippen LogP contribution in [0.25, 0.3) is 0 Å². The van der Waals surface area contributed by atoms with Crippen molar-refractivity contribution < 1.29 is 14.3 Å². The molecule has 1 atom stereocenters. The van der Waals surface area contributed by atoms with Crippen molar-refractivity contribution in [3.63, 3.8) is 0 Å². The second-order valence-corrected chi connectivity index (χ2v) is 5.92. The van der Waals surface area contributed by atoms with Gasteiger partial charge in [-0.2, -0.15) is 0 Å². The lowest BCUT2D eigenvalue weighted by Crippen LogP contribution is -2.43. The van der Waals surface area contributed by atoms with Gasteiger partial charge in [0.15, 0.2) is 0 Å². The van der Waals surface area contributed by atoms with Crippen molar-refractivity contribution in [2.45, 2.75) is 26.3 Å². The molecule has 2 rings (SSSR count). The number of rotatable bonds is 5. The summed E-state index contributed by atoms with van der Waals surface area (Å²) in [6.07, 6.45) is 1.84. The van der Waals surface area contributed by atoms with Gasteiger partial charge in [-0.05, 0) is 54.8 Å². The number of carbonyl (C=O) groups excluding carboxylic acids is 2. The predicted molar refractivity (Wildman–Crippen MR) is 92.1 cm³/mol. The molecule has 1 amide bonds. The Balaban J connectivity index is 2.24. The molecule has 5 nitrogen and oxygen atoms in total. The Bertz CT molecular complexity index is 724. The molecular weight excluding hydrogens is 328 g/mol. The quantitative estimate of drug-likeness (QED) is 0.845.